The second kappa shape index (κ2) is 11.3. The van der Waals surface area contributed by atoms with Crippen molar-refractivity contribution in [3.8, 4) is 0 Å². The number of hydrogen-bond acceptors (Lipinski definition) is 5. The average Bonchev–Trinajstić information content (AvgIpc) is 3.19. The molecule has 1 atom stereocenters. The third-order valence-electron chi connectivity index (χ3n) is 4.56. The SMILES string of the molecule is CCNC(=NCC(O)c1ccccc1F)N1CCN(Cc2ccon2)CC1.I. The summed E-state index contributed by atoms with van der Waals surface area (Å²) in [5, 5.41) is 17.5. The predicted octanol–water partition coefficient (Wildman–Crippen LogP) is 2.25. The highest BCUT2D eigenvalue weighted by Gasteiger charge is 2.21. The lowest BCUT2D eigenvalue weighted by Crippen LogP contribution is -2.52. The zero-order chi connectivity index (χ0) is 19.1. The van der Waals surface area contributed by atoms with Crippen LogP contribution in [0.3, 0.4) is 0 Å². The van der Waals surface area contributed by atoms with Gasteiger partial charge < -0.3 is 19.8 Å². The van der Waals surface area contributed by atoms with Crippen LogP contribution in [0.25, 0.3) is 0 Å². The number of aliphatic hydroxyl groups excluding tert-OH is 1. The molecule has 9 heteroatoms. The molecule has 2 aromatic rings. The maximum Gasteiger partial charge on any atom is 0.194 e. The van der Waals surface area contributed by atoms with Crippen molar-refractivity contribution in [3.05, 3.63) is 53.7 Å². The van der Waals surface area contributed by atoms with Crippen molar-refractivity contribution in [1.82, 2.24) is 20.3 Å². The maximum atomic E-state index is 13.8. The average molecular weight is 503 g/mol. The van der Waals surface area contributed by atoms with E-state index in [0.29, 0.717) is 0 Å². The van der Waals surface area contributed by atoms with Crippen molar-refractivity contribution in [2.75, 3.05) is 39.3 Å². The van der Waals surface area contributed by atoms with Gasteiger partial charge in [0.15, 0.2) is 5.96 Å². The Morgan fingerprint density at radius 3 is 2.68 bits per heavy atom. The largest absolute Gasteiger partial charge is 0.386 e. The molecule has 0 radical (unpaired) electrons. The summed E-state index contributed by atoms with van der Waals surface area (Å²) in [4.78, 5) is 9.00. The first kappa shape index (κ1) is 22.6. The lowest BCUT2D eigenvalue weighted by molar-refractivity contribution is 0.165. The van der Waals surface area contributed by atoms with Crippen LogP contribution >= 0.6 is 24.0 Å². The normalized spacial score (nSPS) is 16.5. The number of piperazine rings is 1. The zero-order valence-corrected chi connectivity index (χ0v) is 18.3. The van der Waals surface area contributed by atoms with Crippen LogP contribution < -0.4 is 5.32 Å². The Hall–Kier alpha value is -1.72. The molecule has 1 aromatic heterocycles. The van der Waals surface area contributed by atoms with E-state index in [1.807, 2.05) is 13.0 Å². The third kappa shape index (κ3) is 6.14. The Bertz CT molecular complexity index is 736. The number of hydrogen-bond donors (Lipinski definition) is 2. The van der Waals surface area contributed by atoms with Gasteiger partial charge in [-0.2, -0.15) is 0 Å². The summed E-state index contributed by atoms with van der Waals surface area (Å²) in [6, 6.07) is 8.14. The number of aliphatic hydroxyl groups is 1. The Labute approximate surface area is 181 Å². The smallest absolute Gasteiger partial charge is 0.194 e. The van der Waals surface area contributed by atoms with Gasteiger partial charge in [0, 0.05) is 50.9 Å². The lowest BCUT2D eigenvalue weighted by Gasteiger charge is -2.36. The van der Waals surface area contributed by atoms with E-state index in [1.54, 1.807) is 24.5 Å². The van der Waals surface area contributed by atoms with E-state index in [4.69, 9.17) is 4.52 Å². The molecule has 0 aliphatic carbocycles. The highest BCUT2D eigenvalue weighted by atomic mass is 127. The summed E-state index contributed by atoms with van der Waals surface area (Å²) < 4.78 is 18.7. The first-order valence-corrected chi connectivity index (χ1v) is 9.24. The first-order valence-electron chi connectivity index (χ1n) is 9.24. The highest BCUT2D eigenvalue weighted by Crippen LogP contribution is 2.17. The van der Waals surface area contributed by atoms with Crippen LogP contribution in [0.4, 0.5) is 4.39 Å². The molecule has 3 rings (SSSR count). The van der Waals surface area contributed by atoms with E-state index >= 15 is 0 Å². The number of guanidine groups is 1. The van der Waals surface area contributed by atoms with Crippen LogP contribution in [0.2, 0.25) is 0 Å². The van der Waals surface area contributed by atoms with Gasteiger partial charge in [-0.15, -0.1) is 24.0 Å². The Morgan fingerprint density at radius 1 is 1.29 bits per heavy atom. The Morgan fingerprint density at radius 2 is 2.04 bits per heavy atom. The number of halogens is 2. The fraction of sp³-hybridized carbons (Fsp3) is 0.474. The van der Waals surface area contributed by atoms with Crippen LogP contribution in [0.15, 0.2) is 46.1 Å². The number of benzene rings is 1. The summed E-state index contributed by atoms with van der Waals surface area (Å²) in [5.74, 6) is 0.334. The van der Waals surface area contributed by atoms with E-state index in [0.717, 1.165) is 50.9 Å². The molecule has 0 amide bonds. The van der Waals surface area contributed by atoms with E-state index in [9.17, 15) is 9.50 Å². The van der Waals surface area contributed by atoms with Crippen LogP contribution in [-0.4, -0.2) is 65.3 Å². The topological polar surface area (TPSA) is 77.1 Å². The van der Waals surface area contributed by atoms with E-state index in [1.165, 1.54) is 6.07 Å². The quantitative estimate of drug-likeness (QED) is 0.358. The fourth-order valence-corrected chi connectivity index (χ4v) is 3.11. The molecule has 1 aliphatic heterocycles. The number of rotatable bonds is 6. The molecule has 154 valence electrons. The van der Waals surface area contributed by atoms with Gasteiger partial charge in [0.1, 0.15) is 18.2 Å². The molecular formula is C19H27FIN5O2. The predicted molar refractivity (Wildman–Crippen MR) is 116 cm³/mol. The van der Waals surface area contributed by atoms with E-state index in [-0.39, 0.29) is 36.1 Å². The third-order valence-corrected chi connectivity index (χ3v) is 4.56. The van der Waals surface area contributed by atoms with Gasteiger partial charge in [-0.25, -0.2) is 4.39 Å². The minimum absolute atomic E-state index is 0. The van der Waals surface area contributed by atoms with Gasteiger partial charge in [-0.3, -0.25) is 9.89 Å². The highest BCUT2D eigenvalue weighted by molar-refractivity contribution is 14.0. The van der Waals surface area contributed by atoms with Crippen molar-refractivity contribution < 1.29 is 14.0 Å². The van der Waals surface area contributed by atoms with Crippen molar-refractivity contribution in [2.45, 2.75) is 19.6 Å². The summed E-state index contributed by atoms with van der Waals surface area (Å²) in [6.07, 6.45) is 0.621. The number of nitrogens with one attached hydrogen (secondary N) is 1. The zero-order valence-electron chi connectivity index (χ0n) is 15.9. The molecule has 1 aromatic carbocycles. The molecule has 0 saturated carbocycles. The van der Waals surface area contributed by atoms with Gasteiger partial charge in [0.2, 0.25) is 0 Å². The Balaban J connectivity index is 0.00000280. The molecular weight excluding hydrogens is 476 g/mol. The van der Waals surface area contributed by atoms with Crippen molar-refractivity contribution in [1.29, 1.82) is 0 Å². The molecule has 1 unspecified atom stereocenters. The molecule has 0 spiro atoms. The lowest BCUT2D eigenvalue weighted by atomic mass is 10.1. The number of nitrogens with zero attached hydrogens (tertiary/aromatic N) is 4. The van der Waals surface area contributed by atoms with Crippen LogP contribution in [-0.2, 0) is 6.54 Å². The van der Waals surface area contributed by atoms with Crippen molar-refractivity contribution in [3.63, 3.8) is 0 Å². The summed E-state index contributed by atoms with van der Waals surface area (Å²) in [5.41, 5.74) is 1.20. The van der Waals surface area contributed by atoms with Gasteiger partial charge in [0.05, 0.1) is 12.2 Å². The second-order valence-corrected chi connectivity index (χ2v) is 6.49. The van der Waals surface area contributed by atoms with Gasteiger partial charge >= 0.3 is 0 Å². The Kier molecular flexibility index (Phi) is 9.13. The van der Waals surface area contributed by atoms with E-state index in [2.05, 4.69) is 25.3 Å². The summed E-state index contributed by atoms with van der Waals surface area (Å²) >= 11 is 0. The first-order chi connectivity index (χ1) is 13.2. The molecule has 2 heterocycles. The molecule has 7 nitrogen and oxygen atoms in total. The standard InChI is InChI=1S/C19H26FN5O2.HI/c1-2-21-19(22-13-18(26)16-5-3-4-6-17(16)20)25-10-8-24(9-11-25)14-15-7-12-27-23-15;/h3-7,12,18,26H,2,8-11,13-14H2,1H3,(H,21,22);1H. The van der Waals surface area contributed by atoms with Crippen molar-refractivity contribution >= 4 is 29.9 Å². The molecule has 1 aliphatic rings. The minimum atomic E-state index is -0.965. The second-order valence-electron chi connectivity index (χ2n) is 6.49. The van der Waals surface area contributed by atoms with Gasteiger partial charge in [-0.05, 0) is 13.0 Å². The fourth-order valence-electron chi connectivity index (χ4n) is 3.11. The molecule has 2 N–H and O–H groups in total. The van der Waals surface area contributed by atoms with Crippen LogP contribution in [0, 0.1) is 5.82 Å². The minimum Gasteiger partial charge on any atom is -0.386 e. The van der Waals surface area contributed by atoms with Gasteiger partial charge in [-0.1, -0.05) is 23.4 Å². The summed E-state index contributed by atoms with van der Waals surface area (Å²) in [7, 11) is 0. The molecule has 0 bridgehead atoms. The maximum absolute atomic E-state index is 13.8. The molecule has 28 heavy (non-hydrogen) atoms. The van der Waals surface area contributed by atoms with Crippen molar-refractivity contribution in [2.24, 2.45) is 4.99 Å². The molecule has 1 fully saturated rings. The number of aromatic nitrogens is 1. The molecule has 1 saturated heterocycles. The van der Waals surface area contributed by atoms with Crippen LogP contribution in [0.1, 0.15) is 24.3 Å². The van der Waals surface area contributed by atoms with Crippen LogP contribution in [0.5, 0.6) is 0 Å². The van der Waals surface area contributed by atoms with Gasteiger partial charge in [0.25, 0.3) is 0 Å². The summed E-state index contributed by atoms with van der Waals surface area (Å²) in [6.45, 7) is 7.02. The number of aliphatic imine (C=N–C) groups is 1. The monoisotopic (exact) mass is 503 g/mol. The van der Waals surface area contributed by atoms with E-state index < -0.39 is 11.9 Å².